The molecule has 0 saturated carbocycles. The van der Waals surface area contributed by atoms with Crippen LogP contribution in [-0.2, 0) is 19.6 Å². The van der Waals surface area contributed by atoms with Gasteiger partial charge in [0.15, 0.2) is 6.61 Å². The summed E-state index contributed by atoms with van der Waals surface area (Å²) in [5, 5.41) is 2.60. The average molecular weight is 372 g/mol. The summed E-state index contributed by atoms with van der Waals surface area (Å²) in [6.45, 7) is 8.02. The lowest BCUT2D eigenvalue weighted by Gasteiger charge is -2.20. The fourth-order valence-electron chi connectivity index (χ4n) is 1.75. The van der Waals surface area contributed by atoms with E-state index >= 15 is 0 Å². The molecule has 1 rings (SSSR count). The van der Waals surface area contributed by atoms with Gasteiger partial charge in [-0.15, -0.1) is 6.58 Å². The van der Waals surface area contributed by atoms with Crippen LogP contribution in [0.3, 0.4) is 0 Å². The first-order valence-corrected chi connectivity index (χ1v) is 8.83. The minimum Gasteiger partial charge on any atom is -0.452 e. The van der Waals surface area contributed by atoms with Crippen molar-refractivity contribution < 1.29 is 27.1 Å². The van der Waals surface area contributed by atoms with Crippen LogP contribution in [0, 0.1) is 5.82 Å². The number of rotatable bonds is 7. The van der Waals surface area contributed by atoms with Crippen LogP contribution in [0.1, 0.15) is 31.1 Å². The van der Waals surface area contributed by atoms with Crippen molar-refractivity contribution in [3.63, 3.8) is 0 Å². The van der Waals surface area contributed by atoms with Crippen LogP contribution in [0.5, 0.6) is 0 Å². The molecule has 0 unspecified atom stereocenters. The molecule has 0 heterocycles. The summed E-state index contributed by atoms with van der Waals surface area (Å²) in [7, 11) is -4.15. The lowest BCUT2D eigenvalue weighted by Crippen LogP contribution is -2.42. The molecule has 1 aromatic carbocycles. The monoisotopic (exact) mass is 372 g/mol. The molecule has 25 heavy (non-hydrogen) atoms. The highest BCUT2D eigenvalue weighted by Crippen LogP contribution is 2.17. The van der Waals surface area contributed by atoms with Crippen molar-refractivity contribution in [3.05, 3.63) is 42.2 Å². The van der Waals surface area contributed by atoms with Gasteiger partial charge in [-0.1, -0.05) is 6.08 Å². The maximum atomic E-state index is 13.8. The van der Waals surface area contributed by atoms with E-state index in [-0.39, 0.29) is 12.1 Å². The molecule has 9 heteroatoms. The molecule has 0 fully saturated rings. The Kier molecular flexibility index (Phi) is 6.83. The molecule has 0 spiro atoms. The number of carbonyl (C=O) groups excluding carboxylic acids is 2. The second-order valence-corrected chi connectivity index (χ2v) is 7.90. The van der Waals surface area contributed by atoms with E-state index in [4.69, 9.17) is 4.74 Å². The third kappa shape index (κ3) is 6.63. The summed E-state index contributed by atoms with van der Waals surface area (Å²) in [4.78, 5) is 22.9. The van der Waals surface area contributed by atoms with E-state index < -0.39 is 44.8 Å². The smallest absolute Gasteiger partial charge is 0.338 e. The predicted molar refractivity (Wildman–Crippen MR) is 90.0 cm³/mol. The number of sulfonamides is 1. The number of carbonyl (C=O) groups is 2. The van der Waals surface area contributed by atoms with Crippen LogP contribution in [0.4, 0.5) is 4.39 Å². The molecule has 0 atom stereocenters. The molecule has 0 aliphatic carbocycles. The largest absolute Gasteiger partial charge is 0.452 e. The van der Waals surface area contributed by atoms with Crippen LogP contribution in [0.25, 0.3) is 0 Å². The molecule has 0 saturated heterocycles. The first-order chi connectivity index (χ1) is 11.5. The van der Waals surface area contributed by atoms with Gasteiger partial charge in [0.2, 0.25) is 10.0 Å². The number of esters is 1. The van der Waals surface area contributed by atoms with Gasteiger partial charge < -0.3 is 10.1 Å². The molecule has 0 radical (unpaired) electrons. The molecule has 0 aromatic heterocycles. The van der Waals surface area contributed by atoms with Gasteiger partial charge in [0.25, 0.3) is 5.91 Å². The zero-order valence-electron chi connectivity index (χ0n) is 14.3. The number of nitrogens with one attached hydrogen (secondary N) is 2. The fourth-order valence-corrected chi connectivity index (χ4v) is 2.85. The van der Waals surface area contributed by atoms with Crippen LogP contribution in [-0.4, -0.2) is 39.0 Å². The van der Waals surface area contributed by atoms with Gasteiger partial charge in [-0.2, -0.15) is 0 Å². The van der Waals surface area contributed by atoms with Gasteiger partial charge in [0.1, 0.15) is 10.7 Å². The van der Waals surface area contributed by atoms with E-state index in [1.165, 1.54) is 6.08 Å². The third-order valence-corrected chi connectivity index (χ3v) is 4.16. The molecule has 2 N–H and O–H groups in total. The second-order valence-electron chi connectivity index (χ2n) is 6.16. The Morgan fingerprint density at radius 2 is 1.96 bits per heavy atom. The van der Waals surface area contributed by atoms with E-state index in [9.17, 15) is 22.4 Å². The molecule has 7 nitrogen and oxygen atoms in total. The van der Waals surface area contributed by atoms with Gasteiger partial charge in [-0.05, 0) is 39.0 Å². The molecule has 0 bridgehead atoms. The first kappa shape index (κ1) is 20.8. The van der Waals surface area contributed by atoms with E-state index in [2.05, 4.69) is 16.6 Å². The Labute approximate surface area is 146 Å². The summed E-state index contributed by atoms with van der Waals surface area (Å²) < 4.78 is 44.7. The second kappa shape index (κ2) is 8.21. The Morgan fingerprint density at radius 1 is 1.32 bits per heavy atom. The van der Waals surface area contributed by atoms with Crippen LogP contribution in [0.15, 0.2) is 35.7 Å². The van der Waals surface area contributed by atoms with Gasteiger partial charge in [0.05, 0.1) is 5.56 Å². The normalized spacial score (nSPS) is 11.7. The summed E-state index contributed by atoms with van der Waals surface area (Å²) >= 11 is 0. The highest BCUT2D eigenvalue weighted by molar-refractivity contribution is 7.89. The molecular weight excluding hydrogens is 351 g/mol. The van der Waals surface area contributed by atoms with Crippen molar-refractivity contribution >= 4 is 21.9 Å². The third-order valence-electron chi connectivity index (χ3n) is 2.72. The van der Waals surface area contributed by atoms with Crippen LogP contribution in [0.2, 0.25) is 0 Å². The SMILES string of the molecule is C=CCNS(=O)(=O)c1cc(C(=O)OCC(=O)NC(C)(C)C)ccc1F. The highest BCUT2D eigenvalue weighted by atomic mass is 32.2. The van der Waals surface area contributed by atoms with E-state index in [0.717, 1.165) is 18.2 Å². The van der Waals surface area contributed by atoms with Crippen molar-refractivity contribution in [2.75, 3.05) is 13.2 Å². The van der Waals surface area contributed by atoms with Crippen molar-refractivity contribution in [2.45, 2.75) is 31.2 Å². The maximum Gasteiger partial charge on any atom is 0.338 e. The average Bonchev–Trinajstić information content (AvgIpc) is 2.49. The predicted octanol–water partition coefficient (Wildman–Crippen LogP) is 1.36. The number of hydrogen-bond donors (Lipinski definition) is 2. The summed E-state index contributed by atoms with van der Waals surface area (Å²) in [6.07, 6.45) is 1.29. The quantitative estimate of drug-likeness (QED) is 0.556. The van der Waals surface area contributed by atoms with Gasteiger partial charge in [0, 0.05) is 12.1 Å². The van der Waals surface area contributed by atoms with E-state index in [0.29, 0.717) is 0 Å². The Morgan fingerprint density at radius 3 is 2.52 bits per heavy atom. The van der Waals surface area contributed by atoms with Crippen molar-refractivity contribution in [2.24, 2.45) is 0 Å². The first-order valence-electron chi connectivity index (χ1n) is 7.34. The zero-order valence-corrected chi connectivity index (χ0v) is 15.1. The molecule has 0 aliphatic rings. The Bertz CT molecular complexity index is 769. The van der Waals surface area contributed by atoms with Gasteiger partial charge >= 0.3 is 5.97 Å². The summed E-state index contributed by atoms with van der Waals surface area (Å²) in [6, 6.07) is 2.77. The minimum absolute atomic E-state index is 0.0938. The number of amides is 1. The zero-order chi connectivity index (χ0) is 19.3. The number of benzene rings is 1. The Hall–Kier alpha value is -2.26. The molecule has 138 valence electrons. The van der Waals surface area contributed by atoms with E-state index in [1.54, 1.807) is 20.8 Å². The topological polar surface area (TPSA) is 102 Å². The molecule has 1 aromatic rings. The minimum atomic E-state index is -4.15. The van der Waals surface area contributed by atoms with Gasteiger partial charge in [-0.25, -0.2) is 22.3 Å². The number of halogens is 1. The van der Waals surface area contributed by atoms with Crippen molar-refractivity contribution in [1.29, 1.82) is 0 Å². The maximum absolute atomic E-state index is 13.8. The summed E-state index contributed by atoms with van der Waals surface area (Å²) in [5.74, 6) is -2.47. The Balaban J connectivity index is 2.89. The molecule has 1 amide bonds. The highest BCUT2D eigenvalue weighted by Gasteiger charge is 2.22. The molecular formula is C16H21FN2O5S. The standard InChI is InChI=1S/C16H21FN2O5S/c1-5-8-18-25(22,23)13-9-11(6-7-12(13)17)15(21)24-10-14(20)19-16(2,3)4/h5-7,9,18H,1,8,10H2,2-4H3,(H,19,20). The van der Waals surface area contributed by atoms with Crippen LogP contribution >= 0.6 is 0 Å². The number of ether oxygens (including phenoxy) is 1. The van der Waals surface area contributed by atoms with Crippen molar-refractivity contribution in [3.8, 4) is 0 Å². The van der Waals surface area contributed by atoms with Crippen molar-refractivity contribution in [1.82, 2.24) is 10.0 Å². The summed E-state index contributed by atoms with van der Waals surface area (Å²) in [5.41, 5.74) is -0.679. The lowest BCUT2D eigenvalue weighted by molar-refractivity contribution is -0.125. The lowest BCUT2D eigenvalue weighted by atomic mass is 10.1. The molecule has 0 aliphatic heterocycles. The van der Waals surface area contributed by atoms with Gasteiger partial charge in [-0.3, -0.25) is 4.79 Å². The van der Waals surface area contributed by atoms with E-state index in [1.807, 2.05) is 0 Å². The number of hydrogen-bond acceptors (Lipinski definition) is 5. The van der Waals surface area contributed by atoms with Crippen LogP contribution < -0.4 is 10.0 Å². The fraction of sp³-hybridized carbons (Fsp3) is 0.375.